The van der Waals surface area contributed by atoms with Gasteiger partial charge in [0.05, 0.1) is 10.2 Å². The summed E-state index contributed by atoms with van der Waals surface area (Å²) in [4.78, 5) is 4.50. The average Bonchev–Trinajstić information content (AvgIpc) is 2.59. The molecule has 0 saturated carbocycles. The van der Waals surface area contributed by atoms with Crippen LogP contribution < -0.4 is 11.1 Å². The molecule has 0 spiro atoms. The molecule has 3 nitrogen and oxygen atoms in total. The van der Waals surface area contributed by atoms with Crippen molar-refractivity contribution < 1.29 is 0 Å². The Bertz CT molecular complexity index is 405. The molecule has 0 aliphatic carbocycles. The van der Waals surface area contributed by atoms with Crippen LogP contribution in [0.15, 0.2) is 24.3 Å². The molecule has 80 valence electrons. The first-order chi connectivity index (χ1) is 7.29. The van der Waals surface area contributed by atoms with Crippen LogP contribution in [0.25, 0.3) is 10.2 Å². The Labute approximate surface area is 93.3 Å². The van der Waals surface area contributed by atoms with Crippen LogP contribution in [0.5, 0.6) is 0 Å². The Morgan fingerprint density at radius 2 is 2.27 bits per heavy atom. The Morgan fingerprint density at radius 3 is 3.00 bits per heavy atom. The van der Waals surface area contributed by atoms with E-state index in [0.29, 0.717) is 12.6 Å². The molecular formula is C11H15N3S. The fourth-order valence-electron chi connectivity index (χ4n) is 1.47. The predicted molar refractivity (Wildman–Crippen MR) is 66.4 cm³/mol. The van der Waals surface area contributed by atoms with E-state index >= 15 is 0 Å². The number of aromatic nitrogens is 1. The van der Waals surface area contributed by atoms with Crippen LogP contribution in [-0.2, 0) is 0 Å². The minimum Gasteiger partial charge on any atom is -0.359 e. The molecule has 0 radical (unpaired) electrons. The van der Waals surface area contributed by atoms with Gasteiger partial charge in [0.15, 0.2) is 5.13 Å². The van der Waals surface area contributed by atoms with Crippen LogP contribution in [-0.4, -0.2) is 17.6 Å². The zero-order valence-corrected chi connectivity index (χ0v) is 9.55. The SMILES string of the molecule is CC(CCN)Nc1nc2ccccc2s1. The van der Waals surface area contributed by atoms with Crippen LogP contribution in [0.3, 0.4) is 0 Å². The van der Waals surface area contributed by atoms with Crippen molar-refractivity contribution in [2.45, 2.75) is 19.4 Å². The highest BCUT2D eigenvalue weighted by Crippen LogP contribution is 2.25. The smallest absolute Gasteiger partial charge is 0.183 e. The van der Waals surface area contributed by atoms with Gasteiger partial charge in [-0.2, -0.15) is 0 Å². The van der Waals surface area contributed by atoms with E-state index in [-0.39, 0.29) is 0 Å². The lowest BCUT2D eigenvalue weighted by Gasteiger charge is -2.10. The van der Waals surface area contributed by atoms with Gasteiger partial charge < -0.3 is 11.1 Å². The fourth-order valence-corrected chi connectivity index (χ4v) is 2.44. The Balaban J connectivity index is 2.15. The molecule has 1 atom stereocenters. The quantitative estimate of drug-likeness (QED) is 0.833. The Morgan fingerprint density at radius 1 is 1.47 bits per heavy atom. The lowest BCUT2D eigenvalue weighted by atomic mass is 10.2. The van der Waals surface area contributed by atoms with Gasteiger partial charge in [-0.05, 0) is 32.0 Å². The monoisotopic (exact) mass is 221 g/mol. The first kappa shape index (κ1) is 10.4. The number of fused-ring (bicyclic) bond motifs is 1. The van der Waals surface area contributed by atoms with Crippen molar-refractivity contribution in [3.8, 4) is 0 Å². The van der Waals surface area contributed by atoms with Crippen LogP contribution in [0.4, 0.5) is 5.13 Å². The molecule has 1 heterocycles. The number of benzene rings is 1. The van der Waals surface area contributed by atoms with Crippen molar-refractivity contribution in [1.29, 1.82) is 0 Å². The molecule has 2 rings (SSSR count). The van der Waals surface area contributed by atoms with E-state index in [1.54, 1.807) is 11.3 Å². The summed E-state index contributed by atoms with van der Waals surface area (Å²) in [5.74, 6) is 0. The van der Waals surface area contributed by atoms with Gasteiger partial charge in [0.25, 0.3) is 0 Å². The fraction of sp³-hybridized carbons (Fsp3) is 0.364. The Hall–Kier alpha value is -1.13. The molecule has 1 aromatic heterocycles. The lowest BCUT2D eigenvalue weighted by Crippen LogP contribution is -2.19. The number of hydrogen-bond donors (Lipinski definition) is 2. The largest absolute Gasteiger partial charge is 0.359 e. The van der Waals surface area contributed by atoms with Crippen molar-refractivity contribution in [2.24, 2.45) is 5.73 Å². The van der Waals surface area contributed by atoms with Gasteiger partial charge in [-0.15, -0.1) is 0 Å². The summed E-state index contributed by atoms with van der Waals surface area (Å²) in [6.07, 6.45) is 0.968. The van der Waals surface area contributed by atoms with Gasteiger partial charge in [0.2, 0.25) is 0 Å². The highest BCUT2D eigenvalue weighted by Gasteiger charge is 2.05. The van der Waals surface area contributed by atoms with Crippen molar-refractivity contribution in [3.63, 3.8) is 0 Å². The highest BCUT2D eigenvalue weighted by molar-refractivity contribution is 7.22. The summed E-state index contributed by atoms with van der Waals surface area (Å²) < 4.78 is 1.22. The zero-order chi connectivity index (χ0) is 10.7. The second-order valence-electron chi connectivity index (χ2n) is 3.61. The van der Waals surface area contributed by atoms with E-state index in [4.69, 9.17) is 5.73 Å². The second-order valence-corrected chi connectivity index (χ2v) is 4.64. The highest BCUT2D eigenvalue weighted by atomic mass is 32.1. The number of para-hydroxylation sites is 1. The number of nitrogens with one attached hydrogen (secondary N) is 1. The van der Waals surface area contributed by atoms with Gasteiger partial charge >= 0.3 is 0 Å². The van der Waals surface area contributed by atoms with Gasteiger partial charge in [0, 0.05) is 6.04 Å². The standard InChI is InChI=1S/C11H15N3S/c1-8(6-7-12)13-11-14-9-4-2-3-5-10(9)15-11/h2-5,8H,6-7,12H2,1H3,(H,13,14). The van der Waals surface area contributed by atoms with E-state index in [1.807, 2.05) is 18.2 Å². The minimum absolute atomic E-state index is 0.385. The zero-order valence-electron chi connectivity index (χ0n) is 8.73. The molecule has 0 bridgehead atoms. The molecule has 0 amide bonds. The molecule has 3 N–H and O–H groups in total. The summed E-state index contributed by atoms with van der Waals surface area (Å²) in [5.41, 5.74) is 6.56. The Kier molecular flexibility index (Phi) is 3.18. The third-order valence-electron chi connectivity index (χ3n) is 2.26. The molecule has 0 saturated heterocycles. The average molecular weight is 221 g/mol. The summed E-state index contributed by atoms with van der Waals surface area (Å²) in [6, 6.07) is 8.55. The first-order valence-corrected chi connectivity index (χ1v) is 5.93. The third-order valence-corrected chi connectivity index (χ3v) is 3.23. The molecule has 0 aliphatic heterocycles. The first-order valence-electron chi connectivity index (χ1n) is 5.12. The lowest BCUT2D eigenvalue weighted by molar-refractivity contribution is 0.716. The van der Waals surface area contributed by atoms with Gasteiger partial charge in [0.1, 0.15) is 0 Å². The third kappa shape index (κ3) is 2.46. The number of anilines is 1. The van der Waals surface area contributed by atoms with Crippen molar-refractivity contribution >= 4 is 26.7 Å². The van der Waals surface area contributed by atoms with E-state index in [9.17, 15) is 0 Å². The minimum atomic E-state index is 0.385. The summed E-state index contributed by atoms with van der Waals surface area (Å²) in [5, 5.41) is 4.34. The number of hydrogen-bond acceptors (Lipinski definition) is 4. The molecule has 15 heavy (non-hydrogen) atoms. The molecule has 1 unspecified atom stereocenters. The van der Waals surface area contributed by atoms with Crippen LogP contribution in [0.1, 0.15) is 13.3 Å². The molecule has 2 aromatic rings. The van der Waals surface area contributed by atoms with Gasteiger partial charge in [-0.1, -0.05) is 23.5 Å². The van der Waals surface area contributed by atoms with E-state index in [0.717, 1.165) is 17.1 Å². The number of nitrogens with two attached hydrogens (primary N) is 1. The maximum Gasteiger partial charge on any atom is 0.183 e. The topological polar surface area (TPSA) is 50.9 Å². The van der Waals surface area contributed by atoms with Crippen molar-refractivity contribution in [3.05, 3.63) is 24.3 Å². The molecule has 0 fully saturated rings. The summed E-state index contributed by atoms with van der Waals surface area (Å²) >= 11 is 1.69. The summed E-state index contributed by atoms with van der Waals surface area (Å²) in [7, 11) is 0. The van der Waals surface area contributed by atoms with Gasteiger partial charge in [-0.25, -0.2) is 4.98 Å². The molecule has 4 heteroatoms. The number of rotatable bonds is 4. The summed E-state index contributed by atoms with van der Waals surface area (Å²) in [6.45, 7) is 2.83. The van der Waals surface area contributed by atoms with Crippen molar-refractivity contribution in [1.82, 2.24) is 4.98 Å². The van der Waals surface area contributed by atoms with E-state index in [1.165, 1.54) is 4.70 Å². The van der Waals surface area contributed by atoms with Crippen LogP contribution in [0.2, 0.25) is 0 Å². The molecular weight excluding hydrogens is 206 g/mol. The van der Waals surface area contributed by atoms with Crippen LogP contribution in [0, 0.1) is 0 Å². The van der Waals surface area contributed by atoms with E-state index in [2.05, 4.69) is 23.3 Å². The van der Waals surface area contributed by atoms with Gasteiger partial charge in [-0.3, -0.25) is 0 Å². The predicted octanol–water partition coefficient (Wildman–Crippen LogP) is 2.45. The number of nitrogens with zero attached hydrogens (tertiary/aromatic N) is 1. The molecule has 1 aromatic carbocycles. The maximum atomic E-state index is 5.50. The molecule has 0 aliphatic rings. The normalized spacial score (nSPS) is 12.9. The maximum absolute atomic E-state index is 5.50. The van der Waals surface area contributed by atoms with E-state index < -0.39 is 0 Å². The van der Waals surface area contributed by atoms with Crippen LogP contribution >= 0.6 is 11.3 Å². The van der Waals surface area contributed by atoms with Crippen molar-refractivity contribution in [2.75, 3.05) is 11.9 Å². The number of thiazole rings is 1. The second kappa shape index (κ2) is 4.59.